The molecule has 1 atom stereocenters. The lowest BCUT2D eigenvalue weighted by molar-refractivity contribution is 0.697. The number of hydrogen-bond donors (Lipinski definition) is 1. The van der Waals surface area contributed by atoms with Crippen molar-refractivity contribution < 1.29 is 0 Å². The highest BCUT2D eigenvalue weighted by molar-refractivity contribution is 9.10. The Kier molecular flexibility index (Phi) is 3.86. The molecule has 3 aromatic rings. The van der Waals surface area contributed by atoms with Gasteiger partial charge in [-0.3, -0.25) is 0 Å². The second-order valence-electron chi connectivity index (χ2n) is 4.81. The summed E-state index contributed by atoms with van der Waals surface area (Å²) in [5, 5.41) is 5.96. The Bertz CT molecular complexity index is 722. The molecule has 0 radical (unpaired) electrons. The zero-order valence-corrected chi connectivity index (χ0v) is 12.9. The van der Waals surface area contributed by atoms with E-state index >= 15 is 0 Å². The van der Waals surface area contributed by atoms with Crippen molar-refractivity contribution in [3.8, 4) is 0 Å². The van der Waals surface area contributed by atoms with Crippen molar-refractivity contribution in [3.05, 3.63) is 82.3 Å². The topological polar surface area (TPSA) is 12.0 Å². The van der Waals surface area contributed by atoms with Crippen molar-refractivity contribution in [3.63, 3.8) is 0 Å². The predicted molar refractivity (Wildman–Crippen MR) is 89.0 cm³/mol. The van der Waals surface area contributed by atoms with Crippen LogP contribution in [-0.2, 0) is 0 Å². The van der Waals surface area contributed by atoms with Crippen LogP contribution in [0.25, 0.3) is 10.8 Å². The Balaban J connectivity index is 2.21. The molecule has 0 saturated heterocycles. The smallest absolute Gasteiger partial charge is 0.0580 e. The predicted octanol–water partition coefficient (Wildman–Crippen LogP) is 4.91. The Morgan fingerprint density at radius 2 is 1.45 bits per heavy atom. The Morgan fingerprint density at radius 1 is 0.800 bits per heavy atom. The van der Waals surface area contributed by atoms with Gasteiger partial charge < -0.3 is 5.32 Å². The molecule has 2 heteroatoms. The monoisotopic (exact) mass is 325 g/mol. The molecule has 0 spiro atoms. The molecule has 1 unspecified atom stereocenters. The highest BCUT2D eigenvalue weighted by atomic mass is 79.9. The molecule has 3 rings (SSSR count). The van der Waals surface area contributed by atoms with E-state index in [0.29, 0.717) is 0 Å². The van der Waals surface area contributed by atoms with Gasteiger partial charge in [-0.15, -0.1) is 0 Å². The quantitative estimate of drug-likeness (QED) is 0.721. The molecule has 0 bridgehead atoms. The summed E-state index contributed by atoms with van der Waals surface area (Å²) >= 11 is 3.64. The van der Waals surface area contributed by atoms with Gasteiger partial charge in [-0.1, -0.05) is 76.6 Å². The second kappa shape index (κ2) is 5.78. The molecule has 1 N–H and O–H groups in total. The first kappa shape index (κ1) is 13.3. The van der Waals surface area contributed by atoms with Crippen LogP contribution >= 0.6 is 15.9 Å². The average molecular weight is 326 g/mol. The second-order valence-corrected chi connectivity index (χ2v) is 5.67. The van der Waals surface area contributed by atoms with Gasteiger partial charge in [0, 0.05) is 4.47 Å². The number of nitrogens with one attached hydrogen (secondary N) is 1. The molecule has 0 heterocycles. The lowest BCUT2D eigenvalue weighted by Crippen LogP contribution is -2.17. The number of hydrogen-bond acceptors (Lipinski definition) is 1. The third kappa shape index (κ3) is 2.37. The molecule has 0 aliphatic heterocycles. The van der Waals surface area contributed by atoms with Crippen molar-refractivity contribution in [2.24, 2.45) is 0 Å². The van der Waals surface area contributed by atoms with Crippen molar-refractivity contribution in [1.82, 2.24) is 5.32 Å². The molecular weight excluding hydrogens is 310 g/mol. The van der Waals surface area contributed by atoms with Gasteiger partial charge in [0.1, 0.15) is 0 Å². The fourth-order valence-corrected chi connectivity index (χ4v) is 3.16. The normalized spacial score (nSPS) is 12.5. The Morgan fingerprint density at radius 3 is 2.15 bits per heavy atom. The van der Waals surface area contributed by atoms with Crippen molar-refractivity contribution >= 4 is 26.7 Å². The van der Waals surface area contributed by atoms with Crippen LogP contribution in [0.1, 0.15) is 17.2 Å². The summed E-state index contributed by atoms with van der Waals surface area (Å²) in [5.74, 6) is 0. The van der Waals surface area contributed by atoms with Crippen LogP contribution in [0, 0.1) is 0 Å². The average Bonchev–Trinajstić information content (AvgIpc) is 2.52. The van der Waals surface area contributed by atoms with Gasteiger partial charge in [0.2, 0.25) is 0 Å². The van der Waals surface area contributed by atoms with Crippen LogP contribution in [0.5, 0.6) is 0 Å². The number of fused-ring (bicyclic) bond motifs is 1. The van der Waals surface area contributed by atoms with Crippen LogP contribution in [0.15, 0.2) is 71.2 Å². The molecule has 20 heavy (non-hydrogen) atoms. The minimum Gasteiger partial charge on any atom is -0.309 e. The minimum atomic E-state index is 0.203. The summed E-state index contributed by atoms with van der Waals surface area (Å²) in [6.07, 6.45) is 0. The molecule has 0 fully saturated rings. The van der Waals surface area contributed by atoms with E-state index in [9.17, 15) is 0 Å². The summed E-state index contributed by atoms with van der Waals surface area (Å²) in [6, 6.07) is 23.6. The van der Waals surface area contributed by atoms with Gasteiger partial charge in [-0.05, 0) is 35.0 Å². The zero-order valence-electron chi connectivity index (χ0n) is 11.3. The number of benzene rings is 3. The minimum absolute atomic E-state index is 0.203. The first-order valence-electron chi connectivity index (χ1n) is 6.70. The van der Waals surface area contributed by atoms with Gasteiger partial charge in [0.05, 0.1) is 6.04 Å². The van der Waals surface area contributed by atoms with E-state index < -0.39 is 0 Å². The third-order valence-electron chi connectivity index (χ3n) is 3.64. The van der Waals surface area contributed by atoms with Crippen LogP contribution in [0.3, 0.4) is 0 Å². The van der Waals surface area contributed by atoms with E-state index in [1.54, 1.807) is 0 Å². The molecule has 100 valence electrons. The lowest BCUT2D eigenvalue weighted by atomic mass is 9.94. The third-order valence-corrected chi connectivity index (χ3v) is 4.33. The van der Waals surface area contributed by atoms with E-state index in [1.165, 1.54) is 21.9 Å². The fourth-order valence-electron chi connectivity index (χ4n) is 2.68. The maximum absolute atomic E-state index is 3.64. The van der Waals surface area contributed by atoms with E-state index in [2.05, 4.69) is 88.0 Å². The molecule has 1 nitrogen and oxygen atoms in total. The zero-order chi connectivity index (χ0) is 13.9. The first-order valence-corrected chi connectivity index (χ1v) is 7.50. The van der Waals surface area contributed by atoms with E-state index in [-0.39, 0.29) is 6.04 Å². The van der Waals surface area contributed by atoms with Gasteiger partial charge in [-0.2, -0.15) is 0 Å². The van der Waals surface area contributed by atoms with E-state index in [0.717, 1.165) is 4.47 Å². The van der Waals surface area contributed by atoms with Crippen LogP contribution in [0.4, 0.5) is 0 Å². The molecular formula is C18H16BrN. The summed E-state index contributed by atoms with van der Waals surface area (Å²) < 4.78 is 1.14. The van der Waals surface area contributed by atoms with Crippen LogP contribution in [0.2, 0.25) is 0 Å². The summed E-state index contributed by atoms with van der Waals surface area (Å²) in [7, 11) is 2.01. The summed E-state index contributed by atoms with van der Waals surface area (Å²) in [4.78, 5) is 0. The van der Waals surface area contributed by atoms with Crippen LogP contribution in [-0.4, -0.2) is 7.05 Å². The SMILES string of the molecule is CNC(c1ccccc1)c1ccc(Br)c2ccccc12. The fraction of sp³-hybridized carbons (Fsp3) is 0.111. The van der Waals surface area contributed by atoms with Crippen LogP contribution < -0.4 is 5.32 Å². The lowest BCUT2D eigenvalue weighted by Gasteiger charge is -2.19. The van der Waals surface area contributed by atoms with Gasteiger partial charge in [-0.25, -0.2) is 0 Å². The van der Waals surface area contributed by atoms with Crippen molar-refractivity contribution in [1.29, 1.82) is 0 Å². The molecule has 0 amide bonds. The summed E-state index contributed by atoms with van der Waals surface area (Å²) in [6.45, 7) is 0. The number of rotatable bonds is 3. The van der Waals surface area contributed by atoms with Gasteiger partial charge in [0.25, 0.3) is 0 Å². The highest BCUT2D eigenvalue weighted by Crippen LogP contribution is 2.32. The van der Waals surface area contributed by atoms with Gasteiger partial charge in [0.15, 0.2) is 0 Å². The van der Waals surface area contributed by atoms with Crippen molar-refractivity contribution in [2.45, 2.75) is 6.04 Å². The Hall–Kier alpha value is -1.64. The standard InChI is InChI=1S/C18H16BrN/c1-20-18(13-7-3-2-4-8-13)16-11-12-17(19)15-10-6-5-9-14(15)16/h2-12,18,20H,1H3. The first-order chi connectivity index (χ1) is 9.81. The van der Waals surface area contributed by atoms with Gasteiger partial charge >= 0.3 is 0 Å². The molecule has 0 aliphatic rings. The largest absolute Gasteiger partial charge is 0.309 e. The highest BCUT2D eigenvalue weighted by Gasteiger charge is 2.15. The Labute approximate surface area is 127 Å². The maximum Gasteiger partial charge on any atom is 0.0580 e. The van der Waals surface area contributed by atoms with Crippen molar-refractivity contribution in [2.75, 3.05) is 7.05 Å². The molecule has 3 aromatic carbocycles. The molecule has 0 aliphatic carbocycles. The van der Waals surface area contributed by atoms with E-state index in [4.69, 9.17) is 0 Å². The maximum atomic E-state index is 3.64. The molecule has 0 aromatic heterocycles. The molecule has 0 saturated carbocycles. The summed E-state index contributed by atoms with van der Waals surface area (Å²) in [5.41, 5.74) is 2.58. The number of halogens is 1. The van der Waals surface area contributed by atoms with E-state index in [1.807, 2.05) is 7.05 Å².